The summed E-state index contributed by atoms with van der Waals surface area (Å²) in [6.45, 7) is 4.39. The second kappa shape index (κ2) is 6.98. The maximum absolute atomic E-state index is 11.3. The first-order valence-corrected chi connectivity index (χ1v) is 8.08. The number of hydrogen-bond donors (Lipinski definition) is 1. The molecule has 3 heterocycles. The van der Waals surface area contributed by atoms with E-state index in [1.165, 1.54) is 11.9 Å². The smallest absolute Gasteiger partial charge is 0.250 e. The lowest BCUT2D eigenvalue weighted by Gasteiger charge is -2.22. The lowest BCUT2D eigenvalue weighted by atomic mass is 10.0. The summed E-state index contributed by atoms with van der Waals surface area (Å²) in [5, 5.41) is 4.31. The zero-order valence-corrected chi connectivity index (χ0v) is 12.6. The number of aromatic nitrogens is 2. The number of nitrogens with one attached hydrogen (secondary N) is 1. The average molecular weight is 305 g/mol. The second-order valence-corrected chi connectivity index (χ2v) is 6.19. The van der Waals surface area contributed by atoms with E-state index >= 15 is 0 Å². The molecule has 3 rings (SSSR count). The monoisotopic (exact) mass is 305 g/mol. The van der Waals surface area contributed by atoms with Gasteiger partial charge in [0.2, 0.25) is 0 Å². The Morgan fingerprint density at radius 3 is 3.29 bits per heavy atom. The molecular formula is C15H19N3O2S. The van der Waals surface area contributed by atoms with E-state index in [0.29, 0.717) is 5.92 Å². The van der Waals surface area contributed by atoms with Gasteiger partial charge in [-0.05, 0) is 28.8 Å². The predicted molar refractivity (Wildman–Crippen MR) is 82.5 cm³/mol. The van der Waals surface area contributed by atoms with Gasteiger partial charge >= 0.3 is 0 Å². The number of ether oxygens (including phenoxy) is 1. The number of rotatable bonds is 4. The Balaban J connectivity index is 1.63. The summed E-state index contributed by atoms with van der Waals surface area (Å²) in [6.07, 6.45) is 2.25. The van der Waals surface area contributed by atoms with Gasteiger partial charge in [-0.1, -0.05) is 0 Å². The van der Waals surface area contributed by atoms with Crippen molar-refractivity contribution in [3.8, 4) is 0 Å². The standard InChI is InChI=1S/C15H19N3O2S/c19-15-6-14(16-11-17-15)5-13-8-18(2-3-20-9-13)7-12-1-4-21-10-12/h1,4,6,10-11,13H,2-3,5,7-9H2,(H,16,17,19)/t13-/m1/s1. The van der Waals surface area contributed by atoms with Crippen molar-refractivity contribution in [2.45, 2.75) is 13.0 Å². The highest BCUT2D eigenvalue weighted by atomic mass is 32.1. The normalized spacial score (nSPS) is 20.3. The summed E-state index contributed by atoms with van der Waals surface area (Å²) in [5.41, 5.74) is 2.10. The van der Waals surface area contributed by atoms with Crippen LogP contribution in [0.2, 0.25) is 0 Å². The molecule has 0 unspecified atom stereocenters. The molecule has 0 amide bonds. The van der Waals surface area contributed by atoms with E-state index in [0.717, 1.165) is 45.0 Å². The van der Waals surface area contributed by atoms with Gasteiger partial charge in [0.05, 0.1) is 19.5 Å². The van der Waals surface area contributed by atoms with E-state index in [-0.39, 0.29) is 5.56 Å². The lowest BCUT2D eigenvalue weighted by Crippen LogP contribution is -2.30. The van der Waals surface area contributed by atoms with Gasteiger partial charge in [-0.2, -0.15) is 11.3 Å². The molecule has 2 aromatic rings. The third-order valence-electron chi connectivity index (χ3n) is 3.64. The van der Waals surface area contributed by atoms with E-state index in [2.05, 4.69) is 31.7 Å². The molecule has 0 spiro atoms. The topological polar surface area (TPSA) is 58.2 Å². The van der Waals surface area contributed by atoms with Crippen LogP contribution >= 0.6 is 11.3 Å². The highest BCUT2D eigenvalue weighted by Crippen LogP contribution is 2.15. The largest absolute Gasteiger partial charge is 0.380 e. The zero-order chi connectivity index (χ0) is 14.5. The third-order valence-corrected chi connectivity index (χ3v) is 4.37. The van der Waals surface area contributed by atoms with E-state index in [1.807, 2.05) is 0 Å². The minimum atomic E-state index is -0.0929. The maximum atomic E-state index is 11.3. The average Bonchev–Trinajstić information content (AvgIpc) is 2.86. The van der Waals surface area contributed by atoms with Gasteiger partial charge in [-0.15, -0.1) is 0 Å². The van der Waals surface area contributed by atoms with Crippen LogP contribution in [0.4, 0.5) is 0 Å². The molecule has 112 valence electrons. The van der Waals surface area contributed by atoms with Crippen molar-refractivity contribution in [3.05, 3.63) is 50.8 Å². The fourth-order valence-electron chi connectivity index (χ4n) is 2.68. The van der Waals surface area contributed by atoms with Crippen LogP contribution in [0, 0.1) is 5.92 Å². The molecule has 0 aliphatic carbocycles. The molecule has 0 saturated carbocycles. The van der Waals surface area contributed by atoms with Crippen molar-refractivity contribution in [2.24, 2.45) is 5.92 Å². The molecule has 0 bridgehead atoms. The minimum absolute atomic E-state index is 0.0929. The van der Waals surface area contributed by atoms with Crippen molar-refractivity contribution in [3.63, 3.8) is 0 Å². The molecule has 0 radical (unpaired) electrons. The van der Waals surface area contributed by atoms with Gasteiger partial charge < -0.3 is 9.72 Å². The zero-order valence-electron chi connectivity index (χ0n) is 11.8. The Kier molecular flexibility index (Phi) is 4.80. The van der Waals surface area contributed by atoms with Gasteiger partial charge in [-0.3, -0.25) is 9.69 Å². The minimum Gasteiger partial charge on any atom is -0.380 e. The third kappa shape index (κ3) is 4.23. The van der Waals surface area contributed by atoms with Crippen molar-refractivity contribution in [2.75, 3.05) is 26.3 Å². The van der Waals surface area contributed by atoms with E-state index < -0.39 is 0 Å². The first-order chi connectivity index (χ1) is 10.3. The SMILES string of the molecule is O=c1cc(C[C@H]2COCCN(Cc3ccsc3)C2)nc[nH]1. The molecule has 1 saturated heterocycles. The summed E-state index contributed by atoms with van der Waals surface area (Å²) in [6, 6.07) is 3.75. The Bertz CT molecular complexity index is 611. The van der Waals surface area contributed by atoms with Crippen LogP contribution in [-0.2, 0) is 17.7 Å². The number of aromatic amines is 1. The van der Waals surface area contributed by atoms with Crippen LogP contribution in [0.15, 0.2) is 34.0 Å². The van der Waals surface area contributed by atoms with Gasteiger partial charge in [0.25, 0.3) is 5.56 Å². The summed E-state index contributed by atoms with van der Waals surface area (Å²) >= 11 is 1.73. The highest BCUT2D eigenvalue weighted by molar-refractivity contribution is 7.07. The molecule has 1 atom stereocenters. The van der Waals surface area contributed by atoms with E-state index in [1.54, 1.807) is 17.4 Å². The van der Waals surface area contributed by atoms with Crippen LogP contribution in [0.1, 0.15) is 11.3 Å². The molecule has 1 aliphatic heterocycles. The van der Waals surface area contributed by atoms with Gasteiger partial charge in [-0.25, -0.2) is 4.98 Å². The van der Waals surface area contributed by atoms with Crippen molar-refractivity contribution in [1.29, 1.82) is 0 Å². The molecule has 2 aromatic heterocycles. The highest BCUT2D eigenvalue weighted by Gasteiger charge is 2.19. The Morgan fingerprint density at radius 2 is 2.48 bits per heavy atom. The quantitative estimate of drug-likeness (QED) is 0.930. The molecule has 1 fully saturated rings. The molecule has 21 heavy (non-hydrogen) atoms. The molecule has 1 N–H and O–H groups in total. The molecular weight excluding hydrogens is 286 g/mol. The van der Waals surface area contributed by atoms with E-state index in [4.69, 9.17) is 4.74 Å². The number of hydrogen-bond acceptors (Lipinski definition) is 5. The summed E-state index contributed by atoms with van der Waals surface area (Å²) < 4.78 is 5.71. The molecule has 1 aliphatic rings. The number of nitrogens with zero attached hydrogens (tertiary/aromatic N) is 2. The Hall–Kier alpha value is -1.50. The number of thiophene rings is 1. The van der Waals surface area contributed by atoms with Gasteiger partial charge in [0.15, 0.2) is 0 Å². The predicted octanol–water partition coefficient (Wildman–Crippen LogP) is 1.52. The van der Waals surface area contributed by atoms with Crippen molar-refractivity contribution >= 4 is 11.3 Å². The van der Waals surface area contributed by atoms with E-state index in [9.17, 15) is 4.79 Å². The fourth-order valence-corrected chi connectivity index (χ4v) is 3.34. The van der Waals surface area contributed by atoms with Gasteiger partial charge in [0.1, 0.15) is 0 Å². The Morgan fingerprint density at radius 1 is 1.52 bits per heavy atom. The molecule has 6 heteroatoms. The summed E-state index contributed by atoms with van der Waals surface area (Å²) in [7, 11) is 0. The van der Waals surface area contributed by atoms with Crippen LogP contribution < -0.4 is 5.56 Å². The fraction of sp³-hybridized carbons (Fsp3) is 0.467. The first-order valence-electron chi connectivity index (χ1n) is 7.14. The van der Waals surface area contributed by atoms with Crippen molar-refractivity contribution in [1.82, 2.24) is 14.9 Å². The summed E-state index contributed by atoms with van der Waals surface area (Å²) in [5.74, 6) is 0.375. The first kappa shape index (κ1) is 14.4. The van der Waals surface area contributed by atoms with Crippen molar-refractivity contribution < 1.29 is 4.74 Å². The van der Waals surface area contributed by atoms with Crippen LogP contribution in [0.3, 0.4) is 0 Å². The molecule has 5 nitrogen and oxygen atoms in total. The maximum Gasteiger partial charge on any atom is 0.250 e. The van der Waals surface area contributed by atoms with Crippen LogP contribution in [-0.4, -0.2) is 41.2 Å². The van der Waals surface area contributed by atoms with Crippen LogP contribution in [0.5, 0.6) is 0 Å². The molecule has 0 aromatic carbocycles. The van der Waals surface area contributed by atoms with Crippen LogP contribution in [0.25, 0.3) is 0 Å². The lowest BCUT2D eigenvalue weighted by molar-refractivity contribution is 0.121. The number of H-pyrrole nitrogens is 1. The second-order valence-electron chi connectivity index (χ2n) is 5.41. The summed E-state index contributed by atoms with van der Waals surface area (Å²) in [4.78, 5) is 20.6. The van der Waals surface area contributed by atoms with Gasteiger partial charge in [0, 0.05) is 37.3 Å². The Labute approximate surface area is 127 Å².